The second-order valence-corrected chi connectivity index (χ2v) is 48.1. The third-order valence-corrected chi connectivity index (χ3v) is 38.5. The zero-order valence-corrected chi connectivity index (χ0v) is 96.1. The number of likely N-dealkylation sites (tertiary alicyclic amines) is 5. The zero-order valence-electron chi connectivity index (χ0n) is 80.4. The monoisotopic (exact) mass is 2510 g/mol. The molecule has 0 radical (unpaired) electrons. The Balaban J connectivity index is 0.000000130. The summed E-state index contributed by atoms with van der Waals surface area (Å²) in [7, 11) is 1.98. The number of pyridine rings is 5. The van der Waals surface area contributed by atoms with Gasteiger partial charge in [0, 0.05) is 235 Å². The van der Waals surface area contributed by atoms with Crippen LogP contribution in [0.2, 0.25) is 20.1 Å². The molecule has 11 aliphatic rings. The quantitative estimate of drug-likeness (QED) is 0.113. The third-order valence-electron chi connectivity index (χ3n) is 31.0. The van der Waals surface area contributed by atoms with E-state index >= 15 is 0 Å². The van der Waals surface area contributed by atoms with Crippen molar-refractivity contribution in [2.75, 3.05) is 118 Å². The van der Waals surface area contributed by atoms with Gasteiger partial charge in [-0.15, -0.1) is 0 Å². The molecular formula is C109H120Br8Cl4N15O6+. The largest absolute Gasteiger partial charge is 0.386 e. The van der Waals surface area contributed by atoms with E-state index in [2.05, 4.69) is 202 Å². The summed E-state index contributed by atoms with van der Waals surface area (Å²) in [6.07, 6.45) is 30.5. The van der Waals surface area contributed by atoms with Crippen LogP contribution in [-0.4, -0.2) is 217 Å². The van der Waals surface area contributed by atoms with Gasteiger partial charge in [0.05, 0.1) is 67.2 Å². The lowest BCUT2D eigenvalue weighted by atomic mass is 9.76. The lowest BCUT2D eigenvalue weighted by Gasteiger charge is -2.40. The van der Waals surface area contributed by atoms with Crippen molar-refractivity contribution in [3.63, 3.8) is 0 Å². The highest BCUT2D eigenvalue weighted by molar-refractivity contribution is 9.11. The minimum atomic E-state index is 0.0346. The van der Waals surface area contributed by atoms with Gasteiger partial charge in [-0.25, -0.2) is 4.57 Å². The standard InChI is InChI=1S/C28H33Br2ClN4O.C28H30Br2ClN3O2.C27H31Br2ClN4O2.C26H26Br2ClN4O/c1-17(32)34-10-6-18(7-11-34)14-25(36)35-12-8-19(9-13-35)26-22-4-5-24(31)27(30)23(22)3-2-20-15-21(29)16-33-28(20)26;1-17(35)33-10-6-18(7-11-33)14-25(36)34-12-8-19(9-13-34)26-22-4-5-24(31)27(30)23(22)3-2-20-15-21(29)16-32-28(20)26;1-17(35)32-8-6-18(7-9-32)14-24(36)33-10-12-34(13-11-33)27-22-4-5-23(30)25(29)21(22)3-2-19-15-20(28)16-31-26(19)27;1-31-8-6-17(7-9-31)14-23(34)32-10-12-33(13-11-32)26-21-4-5-22(29)24(28)20(21)3-2-18-15-19(27)16-30-25(18)26/h4-5,15-16,18-19,26H,1-3,6-14,32H2;4-5,15-16,18H,2-3,6-14H2,1H3;4-5,15-16,18,27H,2-3,6-14H2,1H3;4-9,15-16,26H,2-3,10-14H2,1H3/q;;;+1. The van der Waals surface area contributed by atoms with Gasteiger partial charge >= 0.3 is 0 Å². The van der Waals surface area contributed by atoms with Gasteiger partial charge in [0.2, 0.25) is 35.4 Å². The predicted molar refractivity (Wildman–Crippen MR) is 590 cm³/mol. The lowest BCUT2D eigenvalue weighted by Crippen LogP contribution is -2.50. The predicted octanol–water partition coefficient (Wildman–Crippen LogP) is 22.6. The Labute approximate surface area is 921 Å². The number of rotatable bonds is 12. The van der Waals surface area contributed by atoms with Gasteiger partial charge in [0.15, 0.2) is 12.4 Å². The van der Waals surface area contributed by atoms with Crippen LogP contribution in [0.5, 0.6) is 0 Å². The van der Waals surface area contributed by atoms with Gasteiger partial charge < -0.3 is 40.0 Å². The number of amides is 6. The minimum Gasteiger partial charge on any atom is -0.386 e. The van der Waals surface area contributed by atoms with Crippen molar-refractivity contribution in [3.05, 3.63) is 291 Å². The molecule has 750 valence electrons. The highest BCUT2D eigenvalue weighted by Gasteiger charge is 2.42. The number of benzene rings is 4. The number of hydrogen-bond acceptors (Lipinski definition) is 14. The van der Waals surface area contributed by atoms with E-state index in [1.165, 1.54) is 83.6 Å². The van der Waals surface area contributed by atoms with Crippen LogP contribution in [-0.2, 0) is 93.6 Å². The molecule has 3 atom stereocenters. The van der Waals surface area contributed by atoms with Crippen molar-refractivity contribution < 1.29 is 33.3 Å². The number of nitrogens with zero attached hydrogens (tertiary/aromatic N) is 14. The summed E-state index contributed by atoms with van der Waals surface area (Å²) >= 11 is 55.3. The SMILES string of the molecule is C=C(N)N1CCC(CC(=O)N2CCC(C3c4ccc(Cl)c(Br)c4CCc4cc(Br)cnc43)CC2)CC1.CC(=O)N1CCC(CC(=O)N2CCC(=C3c4ccc(Cl)c(Br)c4CCc4cc(Br)cnc43)CC2)CC1.CC(=O)N1CCC(CC(=O)N2CCN(C3c4ccc(Cl)c(Br)c4CCc4cc(Br)cnc43)CC2)CC1.C[n+]1ccc(CC(=O)N2CCN(C3c4ccc(Cl)c(Br)c4CCc4cc(Br)cnc43)CC2)cc1. The van der Waals surface area contributed by atoms with E-state index in [0.717, 1.165) is 299 Å². The summed E-state index contributed by atoms with van der Waals surface area (Å²) in [5.41, 5.74) is 29.0. The summed E-state index contributed by atoms with van der Waals surface area (Å²) in [5, 5.41) is 2.96. The molecule has 0 spiro atoms. The fourth-order valence-electron chi connectivity index (χ4n) is 23.0. The number of halogens is 12. The Bertz CT molecular complexity index is 6080. The molecule has 9 aromatic rings. The van der Waals surface area contributed by atoms with Crippen molar-refractivity contribution in [2.45, 2.75) is 173 Å². The first-order chi connectivity index (χ1) is 68.3. The summed E-state index contributed by atoms with van der Waals surface area (Å²) in [4.78, 5) is 114. The lowest BCUT2D eigenvalue weighted by molar-refractivity contribution is -0.671. The van der Waals surface area contributed by atoms with E-state index in [0.29, 0.717) is 74.2 Å². The van der Waals surface area contributed by atoms with Gasteiger partial charge in [-0.05, 0) is 388 Å². The molecule has 0 bridgehead atoms. The van der Waals surface area contributed by atoms with E-state index in [4.69, 9.17) is 72.1 Å². The molecule has 20 rings (SSSR count). The van der Waals surface area contributed by atoms with Crippen LogP contribution >= 0.6 is 174 Å². The van der Waals surface area contributed by atoms with E-state index in [-0.39, 0.29) is 47.5 Å². The second kappa shape index (κ2) is 48.4. The van der Waals surface area contributed by atoms with Crippen LogP contribution in [0.3, 0.4) is 0 Å². The molecule has 7 aliphatic heterocycles. The Morgan fingerprint density at radius 1 is 0.380 bits per heavy atom. The molecule has 3 unspecified atom stereocenters. The molecule has 4 aromatic carbocycles. The number of carbonyl (C=O) groups is 6. The third kappa shape index (κ3) is 25.1. The second-order valence-electron chi connectivity index (χ2n) is 39.6. The van der Waals surface area contributed by atoms with E-state index < -0.39 is 0 Å². The average molecular weight is 2520 g/mol. The van der Waals surface area contributed by atoms with Crippen LogP contribution in [0.25, 0.3) is 5.57 Å². The number of aromatic nitrogens is 5. The minimum absolute atomic E-state index is 0.0346. The summed E-state index contributed by atoms with van der Waals surface area (Å²) in [6.45, 7) is 21.1. The molecular weight excluding hydrogens is 2400 g/mol. The van der Waals surface area contributed by atoms with Crippen LogP contribution in [0.1, 0.15) is 210 Å². The molecule has 0 saturated carbocycles. The molecule has 6 amide bonds. The number of hydrogen-bond donors (Lipinski definition) is 1. The molecule has 7 fully saturated rings. The van der Waals surface area contributed by atoms with Crippen molar-refractivity contribution >= 4 is 215 Å². The zero-order chi connectivity index (χ0) is 100. The number of fused-ring (bicyclic) bond motifs is 8. The maximum atomic E-state index is 13.2. The molecule has 4 aliphatic carbocycles. The van der Waals surface area contributed by atoms with Gasteiger partial charge in [-0.1, -0.05) is 82.8 Å². The fraction of sp³-hybridized carbons (Fsp3) is 0.459. The first-order valence-corrected chi connectivity index (χ1v) is 57.6. The number of piperidine rings is 5. The molecule has 21 nitrogen and oxygen atoms in total. The normalized spacial score (nSPS) is 19.7. The van der Waals surface area contributed by atoms with Crippen LogP contribution in [0, 0.1) is 23.7 Å². The van der Waals surface area contributed by atoms with E-state index in [9.17, 15) is 28.8 Å². The van der Waals surface area contributed by atoms with Crippen molar-refractivity contribution in [1.82, 2.24) is 64.0 Å². The van der Waals surface area contributed by atoms with E-state index in [1.807, 2.05) is 110 Å². The van der Waals surface area contributed by atoms with Crippen molar-refractivity contribution in [2.24, 2.45) is 36.5 Å². The van der Waals surface area contributed by atoms with Crippen LogP contribution < -0.4 is 10.3 Å². The van der Waals surface area contributed by atoms with Crippen LogP contribution in [0.4, 0.5) is 0 Å². The number of piperazine rings is 2. The van der Waals surface area contributed by atoms with Gasteiger partial charge in [0.1, 0.15) is 7.05 Å². The molecule has 7 saturated heterocycles. The molecule has 142 heavy (non-hydrogen) atoms. The van der Waals surface area contributed by atoms with Gasteiger partial charge in [0.25, 0.3) is 0 Å². The first-order valence-electron chi connectivity index (χ1n) is 49.8. The Morgan fingerprint density at radius 2 is 0.725 bits per heavy atom. The number of aryl methyl sites for hydroxylation is 5. The fourth-order valence-corrected chi connectivity index (χ4v) is 27.4. The Hall–Kier alpha value is -6.55. The molecule has 33 heteroatoms. The average Bonchev–Trinajstić information content (AvgIpc) is 1.56. The topological polar surface area (TPSA) is 213 Å². The van der Waals surface area contributed by atoms with Crippen molar-refractivity contribution in [3.8, 4) is 0 Å². The highest BCUT2D eigenvalue weighted by atomic mass is 79.9. The Morgan fingerprint density at radius 3 is 1.16 bits per heavy atom. The van der Waals surface area contributed by atoms with E-state index in [1.54, 1.807) is 13.8 Å². The van der Waals surface area contributed by atoms with Crippen molar-refractivity contribution in [1.29, 1.82) is 0 Å². The molecule has 2 N–H and O–H groups in total. The smallest absolute Gasteiger partial charge is 0.227 e. The number of nitrogens with two attached hydrogens (primary N) is 1. The maximum Gasteiger partial charge on any atom is 0.227 e. The Kier molecular flexibility index (Phi) is 36.4. The highest BCUT2D eigenvalue weighted by Crippen LogP contribution is 2.50. The summed E-state index contributed by atoms with van der Waals surface area (Å²) in [5.74, 6) is 3.72. The van der Waals surface area contributed by atoms with Gasteiger partial charge in [-0.3, -0.25) is 58.5 Å². The molecule has 5 aromatic heterocycles. The molecule has 12 heterocycles. The number of carbonyl (C=O) groups excluding carboxylic acids is 6. The summed E-state index contributed by atoms with van der Waals surface area (Å²) < 4.78 is 9.91. The maximum absolute atomic E-state index is 13.2. The van der Waals surface area contributed by atoms with Crippen LogP contribution in [0.15, 0.2) is 176 Å². The first kappa shape index (κ1) is 107. The van der Waals surface area contributed by atoms with Gasteiger partial charge in [-0.2, -0.15) is 0 Å². The summed E-state index contributed by atoms with van der Waals surface area (Å²) in [6, 6.07) is 29.4.